The number of hydrogen-bond donors (Lipinski definition) is 1. The predicted molar refractivity (Wildman–Crippen MR) is 90.4 cm³/mol. The van der Waals surface area contributed by atoms with Gasteiger partial charge >= 0.3 is 6.18 Å². The standard InChI is InChI=1S/C19H27F3N2/c1-2-15-6-8-17(9-7-15)23-10-12-24(13-11-23)18-5-3-4-16(14-18)19(20,21)22/h3-5,14-15,17H,2,6-13H2,1H3/p+1. The Labute approximate surface area is 142 Å². The van der Waals surface area contributed by atoms with Crippen LogP contribution in [0.5, 0.6) is 0 Å². The number of halogens is 3. The Morgan fingerprint density at radius 2 is 1.75 bits per heavy atom. The van der Waals surface area contributed by atoms with Crippen LogP contribution in [0.2, 0.25) is 0 Å². The highest BCUT2D eigenvalue weighted by Gasteiger charge is 2.33. The Kier molecular flexibility index (Phi) is 5.38. The first kappa shape index (κ1) is 17.6. The van der Waals surface area contributed by atoms with Crippen LogP contribution in [0.25, 0.3) is 0 Å². The van der Waals surface area contributed by atoms with Crippen molar-refractivity contribution in [2.45, 2.75) is 51.2 Å². The first-order valence-electron chi connectivity index (χ1n) is 9.24. The molecular weight excluding hydrogens is 313 g/mol. The topological polar surface area (TPSA) is 7.68 Å². The monoisotopic (exact) mass is 341 g/mol. The zero-order chi connectivity index (χ0) is 17.2. The van der Waals surface area contributed by atoms with Crippen molar-refractivity contribution in [3.8, 4) is 0 Å². The van der Waals surface area contributed by atoms with Crippen molar-refractivity contribution in [1.29, 1.82) is 0 Å². The minimum atomic E-state index is -4.26. The third kappa shape index (κ3) is 4.05. The van der Waals surface area contributed by atoms with Crippen molar-refractivity contribution in [3.05, 3.63) is 29.8 Å². The fraction of sp³-hybridized carbons (Fsp3) is 0.684. The molecule has 1 aromatic rings. The maximum absolute atomic E-state index is 12.9. The fourth-order valence-corrected chi connectivity index (χ4v) is 4.32. The van der Waals surface area contributed by atoms with Crippen LogP contribution in [0.4, 0.5) is 18.9 Å². The molecule has 1 N–H and O–H groups in total. The van der Waals surface area contributed by atoms with Gasteiger partial charge in [-0.15, -0.1) is 0 Å². The van der Waals surface area contributed by atoms with Crippen molar-refractivity contribution in [3.63, 3.8) is 0 Å². The van der Waals surface area contributed by atoms with Gasteiger partial charge in [-0.25, -0.2) is 0 Å². The summed E-state index contributed by atoms with van der Waals surface area (Å²) < 4.78 is 38.6. The summed E-state index contributed by atoms with van der Waals surface area (Å²) in [5.41, 5.74) is 0.159. The van der Waals surface area contributed by atoms with Gasteiger partial charge in [-0.05, 0) is 49.8 Å². The van der Waals surface area contributed by atoms with Crippen molar-refractivity contribution < 1.29 is 18.1 Å². The molecule has 0 unspecified atom stereocenters. The number of piperazine rings is 1. The molecule has 134 valence electrons. The Morgan fingerprint density at radius 3 is 2.33 bits per heavy atom. The lowest BCUT2D eigenvalue weighted by atomic mass is 9.84. The quantitative estimate of drug-likeness (QED) is 0.886. The first-order valence-corrected chi connectivity index (χ1v) is 9.24. The van der Waals surface area contributed by atoms with Crippen LogP contribution in [0.15, 0.2) is 24.3 Å². The average Bonchev–Trinajstić information content (AvgIpc) is 2.61. The summed E-state index contributed by atoms with van der Waals surface area (Å²) in [5, 5.41) is 0. The average molecular weight is 341 g/mol. The molecule has 0 amide bonds. The summed E-state index contributed by atoms with van der Waals surface area (Å²) in [5.74, 6) is 0.909. The molecule has 1 aliphatic carbocycles. The second-order valence-electron chi connectivity index (χ2n) is 7.32. The SMILES string of the molecule is CCC1CCC([NH+]2CCN(c3cccc(C(F)(F)F)c3)CC2)CC1. The molecule has 1 heterocycles. The molecule has 2 aliphatic rings. The van der Waals surface area contributed by atoms with E-state index in [4.69, 9.17) is 0 Å². The number of nitrogens with one attached hydrogen (secondary N) is 1. The largest absolute Gasteiger partial charge is 0.416 e. The zero-order valence-corrected chi connectivity index (χ0v) is 14.4. The van der Waals surface area contributed by atoms with Gasteiger partial charge in [-0.3, -0.25) is 0 Å². The number of alkyl halides is 3. The molecular formula is C19H28F3N2+. The molecule has 0 spiro atoms. The highest BCUT2D eigenvalue weighted by Crippen LogP contribution is 2.31. The van der Waals surface area contributed by atoms with Crippen molar-refractivity contribution in [1.82, 2.24) is 0 Å². The van der Waals surface area contributed by atoms with Crippen molar-refractivity contribution in [2.75, 3.05) is 31.1 Å². The number of quaternary nitrogens is 1. The van der Waals surface area contributed by atoms with Crippen LogP contribution >= 0.6 is 0 Å². The van der Waals surface area contributed by atoms with Crippen molar-refractivity contribution >= 4 is 5.69 Å². The Bertz CT molecular complexity index is 528. The normalized spacial score (nSPS) is 26.6. The van der Waals surface area contributed by atoms with E-state index in [1.165, 1.54) is 44.2 Å². The Hall–Kier alpha value is -1.23. The van der Waals surface area contributed by atoms with Gasteiger partial charge in [0.2, 0.25) is 0 Å². The predicted octanol–water partition coefficient (Wildman–Crippen LogP) is 3.38. The number of hydrogen-bond acceptors (Lipinski definition) is 1. The molecule has 1 saturated heterocycles. The zero-order valence-electron chi connectivity index (χ0n) is 14.4. The third-order valence-corrected chi connectivity index (χ3v) is 5.95. The van der Waals surface area contributed by atoms with E-state index in [9.17, 15) is 13.2 Å². The van der Waals surface area contributed by atoms with Gasteiger partial charge in [0.15, 0.2) is 0 Å². The van der Waals surface area contributed by atoms with Crippen LogP contribution in [0.3, 0.4) is 0 Å². The lowest BCUT2D eigenvalue weighted by Crippen LogP contribution is -3.18. The summed E-state index contributed by atoms with van der Waals surface area (Å²) in [7, 11) is 0. The molecule has 2 fully saturated rings. The van der Waals surface area contributed by atoms with E-state index in [-0.39, 0.29) is 0 Å². The maximum atomic E-state index is 12.9. The highest BCUT2D eigenvalue weighted by molar-refractivity contribution is 5.49. The molecule has 3 rings (SSSR count). The molecule has 1 saturated carbocycles. The van der Waals surface area contributed by atoms with Crippen LogP contribution in [0.1, 0.15) is 44.6 Å². The second-order valence-corrected chi connectivity index (χ2v) is 7.32. The number of anilines is 1. The van der Waals surface area contributed by atoms with Crippen molar-refractivity contribution in [2.24, 2.45) is 5.92 Å². The minimum absolute atomic E-state index is 0.548. The van der Waals surface area contributed by atoms with Crippen LogP contribution < -0.4 is 9.80 Å². The van der Waals surface area contributed by atoms with Crippen LogP contribution in [-0.4, -0.2) is 32.2 Å². The van der Waals surface area contributed by atoms with Crippen LogP contribution in [-0.2, 0) is 6.18 Å². The van der Waals surface area contributed by atoms with E-state index in [0.29, 0.717) is 5.69 Å². The fourth-order valence-electron chi connectivity index (χ4n) is 4.32. The van der Waals surface area contributed by atoms with Crippen LogP contribution in [0, 0.1) is 5.92 Å². The Balaban J connectivity index is 1.56. The van der Waals surface area contributed by atoms with E-state index in [1.54, 1.807) is 11.0 Å². The van der Waals surface area contributed by atoms with Gasteiger partial charge < -0.3 is 9.80 Å². The minimum Gasteiger partial charge on any atom is -0.360 e. The maximum Gasteiger partial charge on any atom is 0.416 e. The molecule has 2 nitrogen and oxygen atoms in total. The van der Waals surface area contributed by atoms with E-state index in [0.717, 1.165) is 44.2 Å². The molecule has 0 radical (unpaired) electrons. The molecule has 1 aromatic carbocycles. The number of nitrogens with zero attached hydrogens (tertiary/aromatic N) is 1. The lowest BCUT2D eigenvalue weighted by Gasteiger charge is -2.40. The smallest absolute Gasteiger partial charge is 0.360 e. The summed E-state index contributed by atoms with van der Waals surface area (Å²) >= 11 is 0. The number of benzene rings is 1. The van der Waals surface area contributed by atoms with Gasteiger partial charge in [0.25, 0.3) is 0 Å². The highest BCUT2D eigenvalue weighted by atomic mass is 19.4. The summed E-state index contributed by atoms with van der Waals surface area (Å²) in [4.78, 5) is 3.77. The summed E-state index contributed by atoms with van der Waals surface area (Å²) in [6.07, 6.45) is 2.37. The van der Waals surface area contributed by atoms with Gasteiger partial charge in [0.05, 0.1) is 37.8 Å². The Morgan fingerprint density at radius 1 is 1.08 bits per heavy atom. The van der Waals surface area contributed by atoms with Gasteiger partial charge in [0.1, 0.15) is 0 Å². The van der Waals surface area contributed by atoms with E-state index < -0.39 is 11.7 Å². The molecule has 0 bridgehead atoms. The van der Waals surface area contributed by atoms with Gasteiger partial charge in [0, 0.05) is 5.69 Å². The molecule has 5 heteroatoms. The second kappa shape index (κ2) is 7.34. The molecule has 0 atom stereocenters. The van der Waals surface area contributed by atoms with E-state index in [2.05, 4.69) is 11.8 Å². The number of rotatable bonds is 3. The van der Waals surface area contributed by atoms with Gasteiger partial charge in [-0.1, -0.05) is 19.4 Å². The molecule has 24 heavy (non-hydrogen) atoms. The van der Waals surface area contributed by atoms with E-state index in [1.807, 2.05) is 0 Å². The van der Waals surface area contributed by atoms with E-state index >= 15 is 0 Å². The van der Waals surface area contributed by atoms with Gasteiger partial charge in [-0.2, -0.15) is 13.2 Å². The summed E-state index contributed by atoms with van der Waals surface area (Å²) in [6, 6.07) is 6.52. The first-order chi connectivity index (χ1) is 11.5. The molecule has 1 aliphatic heterocycles. The third-order valence-electron chi connectivity index (χ3n) is 5.95. The lowest BCUT2D eigenvalue weighted by molar-refractivity contribution is -0.927. The summed E-state index contributed by atoms with van der Waals surface area (Å²) in [6.45, 7) is 6.07. The molecule has 0 aromatic heterocycles.